The molecule has 2 heterocycles. The maximum atomic E-state index is 13.9. The number of carbonyl (C=O) groups excluding carboxylic acids is 2. The summed E-state index contributed by atoms with van der Waals surface area (Å²) in [6.07, 6.45) is 2.17. The average molecular weight is 627 g/mol. The molecule has 3 N–H and O–H groups in total. The van der Waals surface area contributed by atoms with Gasteiger partial charge in [-0.05, 0) is 51.1 Å². The van der Waals surface area contributed by atoms with Gasteiger partial charge in [0.1, 0.15) is 18.5 Å². The summed E-state index contributed by atoms with van der Waals surface area (Å²) in [6.45, 7) is 2.16. The summed E-state index contributed by atoms with van der Waals surface area (Å²) in [5.41, 5.74) is 7.38. The fourth-order valence-electron chi connectivity index (χ4n) is 6.31. The van der Waals surface area contributed by atoms with Crippen molar-refractivity contribution in [2.75, 3.05) is 6.61 Å². The van der Waals surface area contributed by atoms with E-state index < -0.39 is 12.1 Å². The van der Waals surface area contributed by atoms with Gasteiger partial charge >= 0.3 is 6.09 Å². The second kappa shape index (κ2) is 13.0. The van der Waals surface area contributed by atoms with Crippen molar-refractivity contribution in [3.8, 4) is 22.4 Å². The number of thiophene rings is 1. The molecule has 46 heavy (non-hydrogen) atoms. The first-order valence-corrected chi connectivity index (χ1v) is 16.4. The smallest absolute Gasteiger partial charge is 0.407 e. The highest BCUT2D eigenvalue weighted by Crippen LogP contribution is 2.44. The molecular formula is C38H34N4O3S. The molecule has 0 saturated heterocycles. The van der Waals surface area contributed by atoms with Gasteiger partial charge in [-0.1, -0.05) is 104 Å². The molecule has 1 aliphatic rings. The van der Waals surface area contributed by atoms with E-state index in [0.717, 1.165) is 49.2 Å². The number of benzene rings is 4. The van der Waals surface area contributed by atoms with E-state index in [2.05, 4.69) is 51.3 Å². The first kappa shape index (κ1) is 29.5. The number of aromatic nitrogens is 2. The first-order valence-electron chi connectivity index (χ1n) is 15.6. The van der Waals surface area contributed by atoms with E-state index >= 15 is 0 Å². The Morgan fingerprint density at radius 2 is 1.54 bits per heavy atom. The van der Waals surface area contributed by atoms with Gasteiger partial charge in [-0.3, -0.25) is 4.79 Å². The van der Waals surface area contributed by atoms with Gasteiger partial charge in [0.2, 0.25) is 5.91 Å². The van der Waals surface area contributed by atoms with Crippen LogP contribution in [-0.4, -0.2) is 34.6 Å². The molecule has 6 aromatic rings. The van der Waals surface area contributed by atoms with Crippen molar-refractivity contribution in [2.45, 2.75) is 37.8 Å². The van der Waals surface area contributed by atoms with E-state index in [-0.39, 0.29) is 24.5 Å². The third-order valence-electron chi connectivity index (χ3n) is 8.66. The third-order valence-corrected chi connectivity index (χ3v) is 9.67. The van der Waals surface area contributed by atoms with Crippen LogP contribution in [0.2, 0.25) is 0 Å². The number of carbonyl (C=O) groups is 2. The predicted octanol–water partition coefficient (Wildman–Crippen LogP) is 8.01. The number of alkyl carbamates (subject to hydrolysis) is 1. The fourth-order valence-corrected chi connectivity index (χ4v) is 7.29. The number of aromatic amines is 1. The lowest BCUT2D eigenvalue weighted by Gasteiger charge is -2.22. The molecule has 2 aromatic heterocycles. The van der Waals surface area contributed by atoms with Gasteiger partial charge in [-0.15, -0.1) is 11.3 Å². The van der Waals surface area contributed by atoms with E-state index in [1.54, 1.807) is 11.3 Å². The van der Waals surface area contributed by atoms with Crippen molar-refractivity contribution in [3.05, 3.63) is 137 Å². The van der Waals surface area contributed by atoms with Crippen molar-refractivity contribution in [1.82, 2.24) is 20.6 Å². The van der Waals surface area contributed by atoms with Crippen LogP contribution in [0.15, 0.2) is 115 Å². The predicted molar refractivity (Wildman–Crippen MR) is 183 cm³/mol. The standard InChI is InChI=1S/C38H34N4O3S/c1-2-32(36-39-21-34(40-36)24-12-4-3-5-13-24)41-37(43)33(20-25-23-46-35-19-11-10-14-26(25)35)42-38(44)45-22-31-29-17-8-6-15-27(29)28-16-7-9-18-30(28)31/h3-19,21,23,31-33H,2,20,22H2,1H3,(H,39,40)(H,41,43)(H,42,44)/t32-,33-/m1/s1. The van der Waals surface area contributed by atoms with Gasteiger partial charge in [0.15, 0.2) is 0 Å². The summed E-state index contributed by atoms with van der Waals surface area (Å²) in [7, 11) is 0. The summed E-state index contributed by atoms with van der Waals surface area (Å²) < 4.78 is 6.98. The van der Waals surface area contributed by atoms with Crippen LogP contribution in [0.4, 0.5) is 4.79 Å². The van der Waals surface area contributed by atoms with Gasteiger partial charge in [0.05, 0.1) is 11.7 Å². The lowest BCUT2D eigenvalue weighted by molar-refractivity contribution is -0.123. The molecule has 0 bridgehead atoms. The number of H-pyrrole nitrogens is 1. The second-order valence-electron chi connectivity index (χ2n) is 11.5. The molecule has 0 radical (unpaired) electrons. The molecule has 0 saturated carbocycles. The Hall–Kier alpha value is -5.21. The van der Waals surface area contributed by atoms with Gasteiger partial charge in [0.25, 0.3) is 0 Å². The van der Waals surface area contributed by atoms with Crippen LogP contribution in [0.5, 0.6) is 0 Å². The van der Waals surface area contributed by atoms with Crippen molar-refractivity contribution in [3.63, 3.8) is 0 Å². The van der Waals surface area contributed by atoms with Crippen LogP contribution in [-0.2, 0) is 16.0 Å². The molecule has 7 rings (SSSR count). The fraction of sp³-hybridized carbons (Fsp3) is 0.184. The maximum Gasteiger partial charge on any atom is 0.407 e. The Kier molecular flexibility index (Phi) is 8.35. The van der Waals surface area contributed by atoms with Crippen LogP contribution in [0.3, 0.4) is 0 Å². The number of fused-ring (bicyclic) bond motifs is 4. The molecule has 2 amide bonds. The first-order chi connectivity index (χ1) is 22.6. The summed E-state index contributed by atoms with van der Waals surface area (Å²) in [4.78, 5) is 35.3. The molecule has 2 atom stereocenters. The molecule has 0 aliphatic heterocycles. The summed E-state index contributed by atoms with van der Waals surface area (Å²) in [6, 6.07) is 33.2. The molecule has 4 aromatic carbocycles. The number of nitrogens with one attached hydrogen (secondary N) is 3. The van der Waals surface area contributed by atoms with Gasteiger partial charge in [-0.2, -0.15) is 0 Å². The van der Waals surface area contributed by atoms with Gasteiger partial charge in [-0.25, -0.2) is 9.78 Å². The van der Waals surface area contributed by atoms with Crippen LogP contribution < -0.4 is 10.6 Å². The van der Waals surface area contributed by atoms with Gasteiger partial charge in [0, 0.05) is 28.8 Å². The maximum absolute atomic E-state index is 13.9. The monoisotopic (exact) mass is 626 g/mol. The largest absolute Gasteiger partial charge is 0.449 e. The number of rotatable bonds is 10. The Morgan fingerprint density at radius 3 is 2.28 bits per heavy atom. The van der Waals surface area contributed by atoms with Gasteiger partial charge < -0.3 is 20.4 Å². The molecular weight excluding hydrogens is 593 g/mol. The number of hydrogen-bond acceptors (Lipinski definition) is 5. The van der Waals surface area contributed by atoms with Crippen molar-refractivity contribution in [1.29, 1.82) is 0 Å². The highest BCUT2D eigenvalue weighted by Gasteiger charge is 2.31. The molecule has 1 aliphatic carbocycles. The zero-order valence-electron chi connectivity index (χ0n) is 25.4. The summed E-state index contributed by atoms with van der Waals surface area (Å²) >= 11 is 1.63. The minimum Gasteiger partial charge on any atom is -0.449 e. The quantitative estimate of drug-likeness (QED) is 0.144. The van der Waals surface area contributed by atoms with E-state index in [4.69, 9.17) is 9.72 Å². The number of amides is 2. The molecule has 0 fully saturated rings. The number of imidazole rings is 1. The Morgan fingerprint density at radius 1 is 0.870 bits per heavy atom. The third kappa shape index (κ3) is 5.91. The lowest BCUT2D eigenvalue weighted by Crippen LogP contribution is -2.49. The zero-order chi connectivity index (χ0) is 31.5. The molecule has 0 spiro atoms. The molecule has 0 unspecified atom stereocenters. The van der Waals surface area contributed by atoms with Crippen LogP contribution in [0.25, 0.3) is 32.5 Å². The summed E-state index contributed by atoms with van der Waals surface area (Å²) in [5.74, 6) is 0.289. The number of hydrogen-bond donors (Lipinski definition) is 3. The minimum atomic E-state index is -0.855. The van der Waals surface area contributed by atoms with Crippen molar-refractivity contribution in [2.24, 2.45) is 0 Å². The Balaban J connectivity index is 1.09. The SMILES string of the molecule is CC[C@@H](NC(=O)[C@@H](Cc1csc2ccccc12)NC(=O)OCC1c2ccccc2-c2ccccc21)c1nc(-c2ccccc2)c[nH]1. The van der Waals surface area contributed by atoms with E-state index in [9.17, 15) is 9.59 Å². The summed E-state index contributed by atoms with van der Waals surface area (Å²) in [5, 5.41) is 9.17. The van der Waals surface area contributed by atoms with Crippen LogP contribution in [0, 0.1) is 0 Å². The van der Waals surface area contributed by atoms with Crippen LogP contribution >= 0.6 is 11.3 Å². The zero-order valence-corrected chi connectivity index (χ0v) is 26.2. The van der Waals surface area contributed by atoms with E-state index in [0.29, 0.717) is 18.7 Å². The molecule has 7 nitrogen and oxygen atoms in total. The molecule has 8 heteroatoms. The van der Waals surface area contributed by atoms with E-state index in [1.165, 1.54) is 0 Å². The number of nitrogens with zero attached hydrogens (tertiary/aromatic N) is 1. The lowest BCUT2D eigenvalue weighted by atomic mass is 9.98. The normalized spacial score (nSPS) is 13.5. The van der Waals surface area contributed by atoms with Crippen molar-refractivity contribution >= 4 is 33.4 Å². The second-order valence-corrected chi connectivity index (χ2v) is 12.4. The van der Waals surface area contributed by atoms with Crippen molar-refractivity contribution < 1.29 is 14.3 Å². The highest BCUT2D eigenvalue weighted by atomic mass is 32.1. The topological polar surface area (TPSA) is 96.1 Å². The highest BCUT2D eigenvalue weighted by molar-refractivity contribution is 7.17. The number of ether oxygens (including phenoxy) is 1. The Labute approximate surface area is 271 Å². The Bertz CT molecular complexity index is 1950. The minimum absolute atomic E-state index is 0.0755. The van der Waals surface area contributed by atoms with E-state index in [1.807, 2.05) is 85.9 Å². The molecule has 230 valence electrons. The average Bonchev–Trinajstić information content (AvgIpc) is 3.83. The van der Waals surface area contributed by atoms with Crippen LogP contribution in [0.1, 0.15) is 47.8 Å².